The fraction of sp³-hybridized carbons (Fsp3) is 0.375. The van der Waals surface area contributed by atoms with Gasteiger partial charge in [-0.3, -0.25) is 4.98 Å². The summed E-state index contributed by atoms with van der Waals surface area (Å²) < 4.78 is 0. The third-order valence-electron chi connectivity index (χ3n) is 1.16. The number of pyridine rings is 1. The molecule has 0 bridgehead atoms. The molecule has 1 aromatic rings. The normalized spacial score (nSPS) is 7.90. The van der Waals surface area contributed by atoms with Crippen LogP contribution in [0.25, 0.3) is 0 Å². The predicted molar refractivity (Wildman–Crippen MR) is 43.7 cm³/mol. The predicted octanol–water partition coefficient (Wildman–Crippen LogP) is 1.22. The third kappa shape index (κ3) is 3.20. The molecule has 0 saturated heterocycles. The molecule has 0 aliphatic heterocycles. The van der Waals surface area contributed by atoms with Gasteiger partial charge in [-0.15, -0.1) is 0 Å². The fourth-order valence-electron chi connectivity index (χ4n) is 0.618. The molecule has 1 aromatic heterocycles. The van der Waals surface area contributed by atoms with E-state index in [1.807, 2.05) is 24.5 Å². The van der Waals surface area contributed by atoms with Crippen LogP contribution in [0.15, 0.2) is 24.5 Å². The third-order valence-corrected chi connectivity index (χ3v) is 1.16. The number of rotatable bonds is 1. The molecule has 0 aromatic carbocycles. The fourth-order valence-corrected chi connectivity index (χ4v) is 0.618. The molecule has 2 nitrogen and oxygen atoms in total. The first-order valence-corrected chi connectivity index (χ1v) is 3.40. The van der Waals surface area contributed by atoms with E-state index in [9.17, 15) is 0 Å². The highest BCUT2D eigenvalue weighted by Crippen LogP contribution is 1.94. The van der Waals surface area contributed by atoms with E-state index in [2.05, 4.69) is 17.6 Å². The number of hydrogen-bond acceptors (Lipinski definition) is 2. The summed E-state index contributed by atoms with van der Waals surface area (Å²) in [5.74, 6) is 0. The van der Waals surface area contributed by atoms with Gasteiger partial charge in [-0.1, -0.05) is 6.92 Å². The summed E-state index contributed by atoms with van der Waals surface area (Å²) in [6.07, 6.45) is 4.74. The van der Waals surface area contributed by atoms with E-state index in [1.165, 1.54) is 12.6 Å². The number of nitrogens with two attached hydrogens (primary N) is 1. The number of hydrogen-bond donors (Lipinski definition) is 1. The summed E-state index contributed by atoms with van der Waals surface area (Å²) >= 11 is 0. The van der Waals surface area contributed by atoms with Crippen molar-refractivity contribution in [3.05, 3.63) is 30.1 Å². The largest absolute Gasteiger partial charge is 0.333 e. The molecule has 0 unspecified atom stereocenters. The van der Waals surface area contributed by atoms with E-state index >= 15 is 0 Å². The molecule has 2 heteroatoms. The second-order valence-electron chi connectivity index (χ2n) is 1.71. The Bertz CT molecular complexity index is 149. The van der Waals surface area contributed by atoms with Gasteiger partial charge < -0.3 is 5.73 Å². The summed E-state index contributed by atoms with van der Waals surface area (Å²) in [7, 11) is 1.50. The maximum atomic E-state index is 4.50. The molecule has 1 heterocycles. The molecule has 0 spiro atoms. The molecular weight excluding hydrogens is 124 g/mol. The molecule has 0 fully saturated rings. The Morgan fingerprint density at radius 1 is 1.30 bits per heavy atom. The van der Waals surface area contributed by atoms with Crippen LogP contribution in [0, 0.1) is 0 Å². The zero-order valence-electron chi connectivity index (χ0n) is 6.54. The van der Waals surface area contributed by atoms with Gasteiger partial charge in [0.2, 0.25) is 0 Å². The van der Waals surface area contributed by atoms with Crippen LogP contribution >= 0.6 is 0 Å². The molecular formula is C8H14N2. The van der Waals surface area contributed by atoms with Crippen molar-refractivity contribution in [2.45, 2.75) is 13.3 Å². The van der Waals surface area contributed by atoms with Crippen LogP contribution in [0.1, 0.15) is 12.5 Å². The van der Waals surface area contributed by atoms with Gasteiger partial charge in [-0.25, -0.2) is 0 Å². The first-order valence-electron chi connectivity index (χ1n) is 3.40. The highest BCUT2D eigenvalue weighted by Gasteiger charge is 1.80. The smallest absolute Gasteiger partial charge is 0.0270 e. The van der Waals surface area contributed by atoms with Crippen LogP contribution in [-0.4, -0.2) is 12.0 Å². The quantitative estimate of drug-likeness (QED) is 0.633. The topological polar surface area (TPSA) is 38.9 Å². The lowest BCUT2D eigenvalue weighted by Crippen LogP contribution is -1.76. The maximum absolute atomic E-state index is 4.50. The van der Waals surface area contributed by atoms with E-state index in [1.54, 1.807) is 0 Å². The second kappa shape index (κ2) is 6.23. The molecule has 2 N–H and O–H groups in total. The Kier molecular flexibility index (Phi) is 5.68. The van der Waals surface area contributed by atoms with Gasteiger partial charge in [0.25, 0.3) is 0 Å². The van der Waals surface area contributed by atoms with Gasteiger partial charge in [0, 0.05) is 12.4 Å². The van der Waals surface area contributed by atoms with E-state index in [0.29, 0.717) is 0 Å². The standard InChI is InChI=1S/C7H9N.CH5N/c1-2-7-3-5-8-6-4-7;1-2/h3-6H,2H2,1H3;2H2,1H3. The summed E-state index contributed by atoms with van der Waals surface area (Å²) in [6.45, 7) is 2.13. The summed E-state index contributed by atoms with van der Waals surface area (Å²) in [5.41, 5.74) is 5.85. The van der Waals surface area contributed by atoms with E-state index in [0.717, 1.165) is 6.42 Å². The van der Waals surface area contributed by atoms with Crippen molar-refractivity contribution in [3.8, 4) is 0 Å². The number of nitrogens with zero attached hydrogens (tertiary/aromatic N) is 1. The molecule has 1 rings (SSSR count). The Hall–Kier alpha value is -0.890. The average molecular weight is 138 g/mol. The first kappa shape index (κ1) is 9.11. The minimum Gasteiger partial charge on any atom is -0.333 e. The minimum atomic E-state index is 1.10. The Morgan fingerprint density at radius 3 is 2.10 bits per heavy atom. The van der Waals surface area contributed by atoms with Crippen LogP contribution in [0.5, 0.6) is 0 Å². The molecule has 0 atom stereocenters. The van der Waals surface area contributed by atoms with E-state index in [4.69, 9.17) is 0 Å². The Balaban J connectivity index is 0.000000371. The van der Waals surface area contributed by atoms with Gasteiger partial charge in [0.05, 0.1) is 0 Å². The number of aryl methyl sites for hydroxylation is 1. The molecule has 0 saturated carbocycles. The summed E-state index contributed by atoms with van der Waals surface area (Å²) in [4.78, 5) is 3.89. The monoisotopic (exact) mass is 138 g/mol. The number of aromatic nitrogens is 1. The van der Waals surface area contributed by atoms with Gasteiger partial charge in [-0.05, 0) is 31.2 Å². The van der Waals surface area contributed by atoms with E-state index < -0.39 is 0 Å². The average Bonchev–Trinajstić information content (AvgIpc) is 2.10. The molecule has 0 aliphatic carbocycles. The van der Waals surface area contributed by atoms with Crippen molar-refractivity contribution in [1.29, 1.82) is 0 Å². The van der Waals surface area contributed by atoms with Gasteiger partial charge >= 0.3 is 0 Å². The zero-order chi connectivity index (χ0) is 7.82. The van der Waals surface area contributed by atoms with Crippen molar-refractivity contribution in [1.82, 2.24) is 4.98 Å². The van der Waals surface area contributed by atoms with Crippen LogP contribution in [0.3, 0.4) is 0 Å². The van der Waals surface area contributed by atoms with Gasteiger partial charge in [0.15, 0.2) is 0 Å². The molecule has 10 heavy (non-hydrogen) atoms. The molecule has 56 valence electrons. The SMILES string of the molecule is CCc1ccncc1.CN. The van der Waals surface area contributed by atoms with Crippen molar-refractivity contribution in [3.63, 3.8) is 0 Å². The molecule has 0 aliphatic rings. The van der Waals surface area contributed by atoms with E-state index in [-0.39, 0.29) is 0 Å². The van der Waals surface area contributed by atoms with Crippen molar-refractivity contribution in [2.75, 3.05) is 7.05 Å². The lowest BCUT2D eigenvalue weighted by Gasteiger charge is -1.89. The maximum Gasteiger partial charge on any atom is 0.0270 e. The van der Waals surface area contributed by atoms with Crippen molar-refractivity contribution in [2.24, 2.45) is 5.73 Å². The second-order valence-corrected chi connectivity index (χ2v) is 1.71. The summed E-state index contributed by atoms with van der Waals surface area (Å²) in [5, 5.41) is 0. The molecule has 0 amide bonds. The Morgan fingerprint density at radius 2 is 1.80 bits per heavy atom. The van der Waals surface area contributed by atoms with Crippen molar-refractivity contribution >= 4 is 0 Å². The van der Waals surface area contributed by atoms with Crippen LogP contribution in [0.4, 0.5) is 0 Å². The van der Waals surface area contributed by atoms with Crippen molar-refractivity contribution < 1.29 is 0 Å². The van der Waals surface area contributed by atoms with Crippen LogP contribution in [-0.2, 0) is 6.42 Å². The lowest BCUT2D eigenvalue weighted by atomic mass is 10.2. The lowest BCUT2D eigenvalue weighted by molar-refractivity contribution is 1.12. The Labute approximate surface area is 62.1 Å². The van der Waals surface area contributed by atoms with Crippen LogP contribution in [0.2, 0.25) is 0 Å². The van der Waals surface area contributed by atoms with Crippen LogP contribution < -0.4 is 5.73 Å². The zero-order valence-corrected chi connectivity index (χ0v) is 6.54. The molecule has 0 radical (unpaired) electrons. The first-order chi connectivity index (χ1) is 4.93. The van der Waals surface area contributed by atoms with Gasteiger partial charge in [-0.2, -0.15) is 0 Å². The summed E-state index contributed by atoms with van der Waals surface area (Å²) in [6, 6.07) is 4.06. The minimum absolute atomic E-state index is 1.10. The highest BCUT2D eigenvalue weighted by molar-refractivity contribution is 5.08. The highest BCUT2D eigenvalue weighted by atomic mass is 14.6. The van der Waals surface area contributed by atoms with Gasteiger partial charge in [0.1, 0.15) is 0 Å².